The van der Waals surface area contributed by atoms with Gasteiger partial charge < -0.3 is 10.4 Å². The molecule has 120 valence electrons. The summed E-state index contributed by atoms with van der Waals surface area (Å²) in [6.45, 7) is 7.90. The molecule has 1 amide bonds. The third-order valence-corrected chi connectivity index (χ3v) is 3.57. The number of carbonyl (C=O) groups is 2. The van der Waals surface area contributed by atoms with Crippen LogP contribution in [0.1, 0.15) is 38.2 Å². The molecule has 2 unspecified atom stereocenters. The zero-order valence-corrected chi connectivity index (χ0v) is 13.3. The van der Waals surface area contributed by atoms with Gasteiger partial charge in [-0.25, -0.2) is 0 Å². The highest BCUT2D eigenvalue weighted by atomic mass is 16.4. The molecular formula is C18H25NO3. The smallest absolute Gasteiger partial charge is 0.308 e. The van der Waals surface area contributed by atoms with Crippen molar-refractivity contribution < 1.29 is 14.7 Å². The first-order valence-electron chi connectivity index (χ1n) is 7.61. The monoisotopic (exact) mass is 303 g/mol. The normalized spacial score (nSPS) is 13.4. The van der Waals surface area contributed by atoms with E-state index in [0.717, 1.165) is 5.56 Å². The van der Waals surface area contributed by atoms with Crippen molar-refractivity contribution >= 4 is 11.9 Å². The van der Waals surface area contributed by atoms with E-state index in [1.165, 1.54) is 0 Å². The molecule has 0 aliphatic carbocycles. The largest absolute Gasteiger partial charge is 0.481 e. The quantitative estimate of drug-likeness (QED) is 0.688. The highest BCUT2D eigenvalue weighted by molar-refractivity contribution is 5.78. The van der Waals surface area contributed by atoms with Crippen molar-refractivity contribution in [3.63, 3.8) is 0 Å². The van der Waals surface area contributed by atoms with Crippen molar-refractivity contribution in [1.82, 2.24) is 5.32 Å². The fraction of sp³-hybridized carbons (Fsp3) is 0.444. The van der Waals surface area contributed by atoms with E-state index < -0.39 is 11.9 Å². The van der Waals surface area contributed by atoms with Gasteiger partial charge in [0.2, 0.25) is 5.91 Å². The number of hydrogen-bond donors (Lipinski definition) is 2. The van der Waals surface area contributed by atoms with E-state index in [1.807, 2.05) is 44.2 Å². The number of carboxylic acids is 1. The number of carbonyl (C=O) groups excluding carboxylic acids is 1. The van der Waals surface area contributed by atoms with Gasteiger partial charge in [-0.3, -0.25) is 9.59 Å². The van der Waals surface area contributed by atoms with Gasteiger partial charge in [0.1, 0.15) is 0 Å². The number of amides is 1. The predicted molar refractivity (Wildman–Crippen MR) is 87.6 cm³/mol. The molecule has 0 fully saturated rings. The summed E-state index contributed by atoms with van der Waals surface area (Å²) in [6.07, 6.45) is 2.58. The topological polar surface area (TPSA) is 66.4 Å². The summed E-state index contributed by atoms with van der Waals surface area (Å²) >= 11 is 0. The van der Waals surface area contributed by atoms with Crippen LogP contribution in [0, 0.1) is 11.8 Å². The van der Waals surface area contributed by atoms with Crippen LogP contribution in [0.5, 0.6) is 0 Å². The van der Waals surface area contributed by atoms with Crippen molar-refractivity contribution in [3.05, 3.63) is 48.6 Å². The number of aliphatic carboxylic acids is 1. The summed E-state index contributed by atoms with van der Waals surface area (Å²) in [6, 6.07) is 9.68. The van der Waals surface area contributed by atoms with Crippen LogP contribution in [0.2, 0.25) is 0 Å². The fourth-order valence-electron chi connectivity index (χ4n) is 2.39. The molecular weight excluding hydrogens is 278 g/mol. The lowest BCUT2D eigenvalue weighted by Crippen LogP contribution is -2.34. The van der Waals surface area contributed by atoms with Crippen LogP contribution in [-0.2, 0) is 9.59 Å². The van der Waals surface area contributed by atoms with Crippen LogP contribution in [-0.4, -0.2) is 23.5 Å². The van der Waals surface area contributed by atoms with E-state index in [2.05, 4.69) is 11.9 Å². The maximum absolute atomic E-state index is 12.0. The zero-order valence-electron chi connectivity index (χ0n) is 13.3. The van der Waals surface area contributed by atoms with Crippen LogP contribution in [0.25, 0.3) is 0 Å². The number of rotatable bonds is 9. The molecule has 1 aromatic rings. The van der Waals surface area contributed by atoms with Crippen molar-refractivity contribution in [1.29, 1.82) is 0 Å². The summed E-state index contributed by atoms with van der Waals surface area (Å²) in [5.41, 5.74) is 1.03. The second kappa shape index (κ2) is 9.03. The van der Waals surface area contributed by atoms with Crippen LogP contribution in [0.15, 0.2) is 43.0 Å². The Kier molecular flexibility index (Phi) is 7.37. The maximum Gasteiger partial charge on any atom is 0.308 e. The van der Waals surface area contributed by atoms with Crippen LogP contribution < -0.4 is 5.32 Å². The maximum atomic E-state index is 12.0. The molecule has 0 spiro atoms. The van der Waals surface area contributed by atoms with Crippen molar-refractivity contribution in [2.24, 2.45) is 11.8 Å². The summed E-state index contributed by atoms with van der Waals surface area (Å²) in [7, 11) is 0. The minimum atomic E-state index is -0.864. The van der Waals surface area contributed by atoms with Gasteiger partial charge in [-0.2, -0.15) is 0 Å². The number of nitrogens with one attached hydrogen (secondary N) is 1. The molecule has 4 nitrogen and oxygen atoms in total. The Bertz CT molecular complexity index is 496. The second-order valence-electron chi connectivity index (χ2n) is 5.93. The van der Waals surface area contributed by atoms with Crippen LogP contribution >= 0.6 is 0 Å². The van der Waals surface area contributed by atoms with Gasteiger partial charge in [0.15, 0.2) is 0 Å². The summed E-state index contributed by atoms with van der Waals surface area (Å²) in [5, 5.41) is 11.9. The second-order valence-corrected chi connectivity index (χ2v) is 5.93. The van der Waals surface area contributed by atoms with E-state index in [0.29, 0.717) is 6.42 Å². The highest BCUT2D eigenvalue weighted by Gasteiger charge is 2.20. The number of benzene rings is 1. The average Bonchev–Trinajstić information content (AvgIpc) is 2.49. The van der Waals surface area contributed by atoms with Gasteiger partial charge in [0.05, 0.1) is 5.92 Å². The third kappa shape index (κ3) is 6.12. The van der Waals surface area contributed by atoms with Gasteiger partial charge in [-0.1, -0.05) is 50.3 Å². The zero-order chi connectivity index (χ0) is 16.5. The Morgan fingerprint density at radius 2 is 1.91 bits per heavy atom. The minimum absolute atomic E-state index is 0.0606. The van der Waals surface area contributed by atoms with E-state index in [4.69, 9.17) is 0 Å². The first-order valence-corrected chi connectivity index (χ1v) is 7.61. The Morgan fingerprint density at radius 3 is 2.41 bits per heavy atom. The lowest BCUT2D eigenvalue weighted by Gasteiger charge is -2.17. The number of carboxylic acid groups (broad SMARTS) is 1. The van der Waals surface area contributed by atoms with Crippen molar-refractivity contribution in [2.75, 3.05) is 6.54 Å². The van der Waals surface area contributed by atoms with Gasteiger partial charge in [0, 0.05) is 18.9 Å². The van der Waals surface area contributed by atoms with Crippen LogP contribution in [0.3, 0.4) is 0 Å². The first kappa shape index (κ1) is 18.0. The molecule has 0 heterocycles. The molecule has 22 heavy (non-hydrogen) atoms. The Hall–Kier alpha value is -2.10. The Morgan fingerprint density at radius 1 is 1.27 bits per heavy atom. The molecule has 0 aliphatic heterocycles. The summed E-state index contributed by atoms with van der Waals surface area (Å²) in [5.74, 6) is -1.33. The molecule has 0 aliphatic rings. The molecule has 2 atom stereocenters. The first-order chi connectivity index (χ1) is 10.4. The molecule has 0 bridgehead atoms. The Labute approximate surface area is 132 Å². The predicted octanol–water partition coefficient (Wildman–Crippen LogP) is 3.21. The minimum Gasteiger partial charge on any atom is -0.481 e. The number of allylic oxidation sites excluding steroid dienone is 1. The van der Waals surface area contributed by atoms with E-state index >= 15 is 0 Å². The highest BCUT2D eigenvalue weighted by Crippen LogP contribution is 2.20. The SMILES string of the molecule is C=CC(CC(=O)NCC(CC(C)C)C(=O)O)c1ccccc1. The fourth-order valence-corrected chi connectivity index (χ4v) is 2.39. The van der Waals surface area contributed by atoms with Crippen LogP contribution in [0.4, 0.5) is 0 Å². The summed E-state index contributed by atoms with van der Waals surface area (Å²) < 4.78 is 0. The standard InChI is InChI=1S/C18H25NO3/c1-4-14(15-8-6-5-7-9-15)11-17(20)19-12-16(18(21)22)10-13(2)3/h4-9,13-14,16H,1,10-12H2,2-3H3,(H,19,20)(H,21,22). The molecule has 0 radical (unpaired) electrons. The molecule has 0 saturated carbocycles. The molecule has 0 aromatic heterocycles. The van der Waals surface area contributed by atoms with Gasteiger partial charge in [0.25, 0.3) is 0 Å². The van der Waals surface area contributed by atoms with Gasteiger partial charge in [-0.15, -0.1) is 6.58 Å². The van der Waals surface area contributed by atoms with Gasteiger partial charge >= 0.3 is 5.97 Å². The van der Waals surface area contributed by atoms with Gasteiger partial charge in [-0.05, 0) is 17.9 Å². The number of hydrogen-bond acceptors (Lipinski definition) is 2. The van der Waals surface area contributed by atoms with Crippen molar-refractivity contribution in [2.45, 2.75) is 32.6 Å². The van der Waals surface area contributed by atoms with Crippen molar-refractivity contribution in [3.8, 4) is 0 Å². The molecule has 4 heteroatoms. The lowest BCUT2D eigenvalue weighted by molar-refractivity contribution is -0.142. The average molecular weight is 303 g/mol. The van der Waals surface area contributed by atoms with E-state index in [9.17, 15) is 14.7 Å². The van der Waals surface area contributed by atoms with E-state index in [1.54, 1.807) is 6.08 Å². The van der Waals surface area contributed by atoms with E-state index in [-0.39, 0.29) is 30.7 Å². The molecule has 0 saturated heterocycles. The molecule has 2 N–H and O–H groups in total. The lowest BCUT2D eigenvalue weighted by atomic mass is 9.95. The third-order valence-electron chi connectivity index (χ3n) is 3.57. The molecule has 1 rings (SSSR count). The summed E-state index contributed by atoms with van der Waals surface area (Å²) in [4.78, 5) is 23.2. The Balaban J connectivity index is 2.54. The molecule has 1 aromatic carbocycles.